The van der Waals surface area contributed by atoms with Crippen LogP contribution in [-0.4, -0.2) is 4.90 Å². The van der Waals surface area contributed by atoms with Crippen molar-refractivity contribution in [3.8, 4) is 0 Å². The normalized spacial score (nSPS) is 23.8. The van der Waals surface area contributed by atoms with Crippen LogP contribution >= 0.6 is 15.7 Å². The van der Waals surface area contributed by atoms with Gasteiger partial charge in [-0.2, -0.15) is 0 Å². The van der Waals surface area contributed by atoms with Gasteiger partial charge in [-0.05, 0) is 12.8 Å². The summed E-state index contributed by atoms with van der Waals surface area (Å²) in [5.74, 6) is 0. The molecule has 0 amide bonds. The molecule has 0 atom stereocenters. The van der Waals surface area contributed by atoms with Crippen LogP contribution in [0.2, 0.25) is 0 Å². The zero-order valence-electron chi connectivity index (χ0n) is 6.22. The van der Waals surface area contributed by atoms with Crippen LogP contribution in [0, 0.1) is 0 Å². The molecule has 0 nitrogen and oxygen atoms in total. The Balaban J connectivity index is 2.18. The average molecular weight is 160 g/mol. The molecule has 0 N–H and O–H groups in total. The van der Waals surface area contributed by atoms with Crippen molar-refractivity contribution in [3.63, 3.8) is 0 Å². The summed E-state index contributed by atoms with van der Waals surface area (Å²) in [7, 11) is 3.42. The average Bonchev–Trinajstić information content (AvgIpc) is 2.51. The van der Waals surface area contributed by atoms with Gasteiger partial charge < -0.3 is 0 Å². The lowest BCUT2D eigenvalue weighted by molar-refractivity contribution is 0.641. The highest BCUT2D eigenvalue weighted by Gasteiger charge is 2.33. The van der Waals surface area contributed by atoms with Gasteiger partial charge in [-0.15, -0.1) is 0 Å². The van der Waals surface area contributed by atoms with Crippen LogP contribution < -0.4 is 0 Å². The maximum atomic E-state index is 2.29. The second-order valence-corrected chi connectivity index (χ2v) is 6.35. The lowest BCUT2D eigenvalue weighted by Crippen LogP contribution is -2.02. The summed E-state index contributed by atoms with van der Waals surface area (Å²) in [6, 6.07) is 0. The van der Waals surface area contributed by atoms with Crippen LogP contribution in [0.5, 0.6) is 0 Å². The second-order valence-electron chi connectivity index (χ2n) is 2.68. The Kier molecular flexibility index (Phi) is 2.68. The first-order chi connectivity index (χ1) is 4.33. The maximum Gasteiger partial charge on any atom is 0.0617 e. The van der Waals surface area contributed by atoms with Crippen molar-refractivity contribution in [2.45, 2.75) is 44.4 Å². The van der Waals surface area contributed by atoms with Gasteiger partial charge in [0.25, 0.3) is 0 Å². The number of hydrogen-bond acceptors (Lipinski definition) is 0. The molecule has 0 aromatic rings. The van der Waals surface area contributed by atoms with E-state index >= 15 is 0 Å². The fraction of sp³-hybridized carbons (Fsp3) is 1.00. The van der Waals surface area contributed by atoms with Crippen molar-refractivity contribution in [1.29, 1.82) is 0 Å². The van der Waals surface area contributed by atoms with E-state index in [2.05, 4.69) is 13.8 Å². The van der Waals surface area contributed by atoms with Crippen molar-refractivity contribution in [3.05, 3.63) is 0 Å². The first-order valence-electron chi connectivity index (χ1n) is 3.77. The smallest absolute Gasteiger partial charge is 0.0617 e. The first-order valence-corrected chi connectivity index (χ1v) is 6.26. The van der Waals surface area contributed by atoms with Crippen molar-refractivity contribution >= 4 is 15.7 Å². The third-order valence-corrected chi connectivity index (χ3v) is 5.64. The van der Waals surface area contributed by atoms with Crippen molar-refractivity contribution < 1.29 is 0 Å². The van der Waals surface area contributed by atoms with E-state index in [1.54, 1.807) is 15.7 Å². The van der Waals surface area contributed by atoms with Crippen molar-refractivity contribution in [2.75, 3.05) is 0 Å². The lowest BCUT2D eigenvalue weighted by Gasteiger charge is -2.09. The highest BCUT2D eigenvalue weighted by Crippen LogP contribution is 2.65. The molecule has 0 aromatic carbocycles. The minimum absolute atomic E-state index is 0.795. The van der Waals surface area contributed by atoms with E-state index in [0.29, 0.717) is 0 Å². The molecule has 0 fully saturated rings. The summed E-state index contributed by atoms with van der Waals surface area (Å²) >= 11 is 0. The van der Waals surface area contributed by atoms with Crippen LogP contribution in [0.1, 0.15) is 39.5 Å². The summed E-state index contributed by atoms with van der Waals surface area (Å²) in [5, 5.41) is 0. The van der Waals surface area contributed by atoms with Gasteiger partial charge in [0.1, 0.15) is 0 Å². The predicted molar refractivity (Wildman–Crippen MR) is 46.4 cm³/mol. The standard InChI is InChI=1S/C7H14P2/c1-3-5-7(6-4-2)8-9-7/h3-6H2,1-2H3. The highest BCUT2D eigenvalue weighted by atomic mass is 31.8. The van der Waals surface area contributed by atoms with Gasteiger partial charge >= 0.3 is 0 Å². The molecule has 0 aliphatic carbocycles. The zero-order chi connectivity index (χ0) is 6.74. The summed E-state index contributed by atoms with van der Waals surface area (Å²) in [5.41, 5.74) is 0. The second kappa shape index (κ2) is 3.13. The largest absolute Gasteiger partial charge is 0.0653 e. The van der Waals surface area contributed by atoms with E-state index < -0.39 is 0 Å². The Bertz CT molecular complexity index is 104. The van der Waals surface area contributed by atoms with Crippen molar-refractivity contribution in [1.82, 2.24) is 0 Å². The molecule has 1 aliphatic heterocycles. The Morgan fingerprint density at radius 1 is 1.00 bits per heavy atom. The molecule has 0 saturated carbocycles. The SMILES string of the molecule is CCCC1(CCC)P=P1. The molecule has 0 spiro atoms. The quantitative estimate of drug-likeness (QED) is 0.543. The molecule has 0 radical (unpaired) electrons. The van der Waals surface area contributed by atoms with Gasteiger partial charge in [0.15, 0.2) is 0 Å². The fourth-order valence-corrected chi connectivity index (χ4v) is 4.26. The van der Waals surface area contributed by atoms with Crippen LogP contribution in [0.25, 0.3) is 0 Å². The topological polar surface area (TPSA) is 0 Å². The van der Waals surface area contributed by atoms with Crippen LogP contribution in [0.3, 0.4) is 0 Å². The van der Waals surface area contributed by atoms with Crippen LogP contribution in [-0.2, 0) is 0 Å². The Labute approximate surface area is 60.8 Å². The van der Waals surface area contributed by atoms with Gasteiger partial charge in [0.2, 0.25) is 0 Å². The Hall–Kier alpha value is 0.600. The molecule has 0 bridgehead atoms. The highest BCUT2D eigenvalue weighted by molar-refractivity contribution is 8.03. The fourth-order valence-electron chi connectivity index (χ4n) is 1.20. The van der Waals surface area contributed by atoms with Crippen LogP contribution in [0.15, 0.2) is 0 Å². The first kappa shape index (κ1) is 7.70. The van der Waals surface area contributed by atoms with Crippen molar-refractivity contribution in [2.24, 2.45) is 0 Å². The molecular weight excluding hydrogens is 146 g/mol. The van der Waals surface area contributed by atoms with Gasteiger partial charge in [0.05, 0.1) is 4.90 Å². The lowest BCUT2D eigenvalue weighted by atomic mass is 10.1. The van der Waals surface area contributed by atoms with Gasteiger partial charge in [0, 0.05) is 0 Å². The molecule has 0 aromatic heterocycles. The summed E-state index contributed by atoms with van der Waals surface area (Å²) in [6.45, 7) is 4.58. The van der Waals surface area contributed by atoms with E-state index in [-0.39, 0.29) is 0 Å². The molecule has 0 unspecified atom stereocenters. The van der Waals surface area contributed by atoms with Crippen LogP contribution in [0.4, 0.5) is 0 Å². The number of hydrogen-bond donors (Lipinski definition) is 0. The molecule has 0 saturated heterocycles. The zero-order valence-corrected chi connectivity index (χ0v) is 8.01. The third kappa shape index (κ3) is 2.03. The van der Waals surface area contributed by atoms with E-state index in [4.69, 9.17) is 0 Å². The molecule has 2 heteroatoms. The van der Waals surface area contributed by atoms with E-state index in [1.807, 2.05) is 0 Å². The van der Waals surface area contributed by atoms with Gasteiger partial charge in [-0.25, -0.2) is 0 Å². The van der Waals surface area contributed by atoms with E-state index in [9.17, 15) is 0 Å². The van der Waals surface area contributed by atoms with E-state index in [0.717, 1.165) is 4.90 Å². The minimum Gasteiger partial charge on any atom is -0.0653 e. The molecule has 1 heterocycles. The van der Waals surface area contributed by atoms with Gasteiger partial charge in [-0.1, -0.05) is 42.4 Å². The summed E-state index contributed by atoms with van der Waals surface area (Å²) < 4.78 is 0. The number of rotatable bonds is 4. The molecule has 52 valence electrons. The molecular formula is C7H14P2. The molecule has 1 rings (SSSR count). The third-order valence-electron chi connectivity index (χ3n) is 1.68. The summed E-state index contributed by atoms with van der Waals surface area (Å²) in [6.07, 6.45) is 5.67. The van der Waals surface area contributed by atoms with Gasteiger partial charge in [-0.3, -0.25) is 0 Å². The Morgan fingerprint density at radius 2 is 1.44 bits per heavy atom. The monoisotopic (exact) mass is 160 g/mol. The molecule has 9 heavy (non-hydrogen) atoms. The van der Waals surface area contributed by atoms with E-state index in [1.165, 1.54) is 25.7 Å². The minimum atomic E-state index is 0.795. The summed E-state index contributed by atoms with van der Waals surface area (Å²) in [4.78, 5) is 0.795. The maximum absolute atomic E-state index is 2.29. The molecule has 1 aliphatic rings. The predicted octanol–water partition coefficient (Wildman–Crippen LogP) is 4.10. The Morgan fingerprint density at radius 3 is 1.67 bits per heavy atom.